The maximum absolute atomic E-state index is 10.4. The Balaban J connectivity index is 4.43. The average molecular weight is 258 g/mol. The third-order valence-electron chi connectivity index (χ3n) is 0. The molecule has 7 heavy (non-hydrogen) atoms. The van der Waals surface area contributed by atoms with Crippen molar-refractivity contribution in [3.63, 3.8) is 0 Å². The van der Waals surface area contributed by atoms with Crippen LogP contribution in [0.5, 0.6) is 0 Å². The minimum atomic E-state index is -10.2. The van der Waals surface area contributed by atoms with Gasteiger partial charge >= 0.3 is 40.6 Å². The number of hydrogen-bond donors (Lipinski definition) is 0. The summed E-state index contributed by atoms with van der Waals surface area (Å²) in [5.41, 5.74) is 0. The molecule has 0 rings (SSSR count). The zero-order valence-electron chi connectivity index (χ0n) is 2.68. The second kappa shape index (κ2) is 0.893. The van der Waals surface area contributed by atoms with E-state index in [9.17, 15) is 14.5 Å². The molecule has 0 N–H and O–H groups in total. The SMILES string of the molecule is F[Te](F)(F)(F)(F)Cl. The summed E-state index contributed by atoms with van der Waals surface area (Å²) >= 11 is -10.2. The summed E-state index contributed by atoms with van der Waals surface area (Å²) in [6.07, 6.45) is 0. The van der Waals surface area contributed by atoms with Crippen LogP contribution >= 0.6 is 8.96 Å². The molecule has 0 bridgehead atoms. The molecule has 0 spiro atoms. The molecule has 0 atom stereocenters. The fraction of sp³-hybridized carbons (Fsp3) is 0. The van der Waals surface area contributed by atoms with Gasteiger partial charge in [0.25, 0.3) is 0 Å². The third kappa shape index (κ3) is 283. The van der Waals surface area contributed by atoms with Crippen LogP contribution in [0.2, 0.25) is 0 Å². The van der Waals surface area contributed by atoms with E-state index in [-0.39, 0.29) is 0 Å². The summed E-state index contributed by atoms with van der Waals surface area (Å²) in [5.74, 6) is 0. The van der Waals surface area contributed by atoms with E-state index in [0.29, 0.717) is 0 Å². The summed E-state index contributed by atoms with van der Waals surface area (Å²) in [5, 5.41) is 0. The van der Waals surface area contributed by atoms with Gasteiger partial charge in [0.05, 0.1) is 0 Å². The van der Waals surface area contributed by atoms with Crippen molar-refractivity contribution in [2.45, 2.75) is 0 Å². The molecule has 0 unspecified atom stereocenters. The Morgan fingerprint density at radius 1 is 0.857 bits per heavy atom. The van der Waals surface area contributed by atoms with Crippen molar-refractivity contribution in [3.05, 3.63) is 0 Å². The van der Waals surface area contributed by atoms with E-state index >= 15 is 0 Å². The fourth-order valence-electron chi connectivity index (χ4n) is 0. The molecule has 0 aromatic heterocycles. The number of rotatable bonds is 0. The van der Waals surface area contributed by atoms with Crippen LogP contribution in [-0.2, 0) is 0 Å². The van der Waals surface area contributed by atoms with E-state index in [1.807, 2.05) is 0 Å². The maximum atomic E-state index is 10.4. The molecule has 0 heterocycles. The molecule has 0 saturated heterocycles. The second-order valence-electron chi connectivity index (χ2n) is 0.875. The standard InChI is InChI=1S/ClF5Te/c1-7(2,3,4,5)6. The zero-order valence-corrected chi connectivity index (χ0v) is 5.76. The molecule has 0 aromatic carbocycles. The van der Waals surface area contributed by atoms with Crippen LogP contribution in [0.25, 0.3) is 0 Å². The molecule has 0 fully saturated rings. The van der Waals surface area contributed by atoms with Crippen molar-refractivity contribution in [1.29, 1.82) is 0 Å². The quantitative estimate of drug-likeness (QED) is 0.462. The van der Waals surface area contributed by atoms with E-state index in [2.05, 4.69) is 8.96 Å². The Kier molecular flexibility index (Phi) is 0.986. The van der Waals surface area contributed by atoms with Crippen molar-refractivity contribution in [3.8, 4) is 0 Å². The topological polar surface area (TPSA) is 0 Å². The molecule has 0 radical (unpaired) electrons. The van der Waals surface area contributed by atoms with E-state index in [1.54, 1.807) is 0 Å². The minimum absolute atomic E-state index is 2.90. The number of hydrogen-bond acceptors (Lipinski definition) is 0. The molecular weight excluding hydrogens is 258 g/mol. The van der Waals surface area contributed by atoms with Gasteiger partial charge < -0.3 is 0 Å². The predicted molar refractivity (Wildman–Crippen MR) is 17.1 cm³/mol. The van der Waals surface area contributed by atoms with Crippen LogP contribution in [-0.4, -0.2) is 17.2 Å². The van der Waals surface area contributed by atoms with Gasteiger partial charge in [0.1, 0.15) is 0 Å². The Morgan fingerprint density at radius 3 is 0.857 bits per heavy atom. The van der Waals surface area contributed by atoms with Gasteiger partial charge in [0.2, 0.25) is 0 Å². The Labute approximate surface area is 41.0 Å². The van der Waals surface area contributed by atoms with Gasteiger partial charge in [-0.3, -0.25) is 0 Å². The van der Waals surface area contributed by atoms with Crippen molar-refractivity contribution in [1.82, 2.24) is 0 Å². The Morgan fingerprint density at radius 2 is 0.857 bits per heavy atom. The van der Waals surface area contributed by atoms with E-state index in [0.717, 1.165) is 0 Å². The summed E-state index contributed by atoms with van der Waals surface area (Å²) in [6, 6.07) is 0. The fourth-order valence-corrected chi connectivity index (χ4v) is 0. The van der Waals surface area contributed by atoms with Crippen molar-refractivity contribution >= 4 is 26.1 Å². The molecule has 0 aliphatic carbocycles. The summed E-state index contributed by atoms with van der Waals surface area (Å²) in [6.45, 7) is 0. The van der Waals surface area contributed by atoms with Crippen molar-refractivity contribution < 1.29 is 14.5 Å². The first-order chi connectivity index (χ1) is 2.45. The van der Waals surface area contributed by atoms with Crippen LogP contribution in [0.15, 0.2) is 0 Å². The van der Waals surface area contributed by atoms with Crippen LogP contribution in [0.3, 0.4) is 0 Å². The average Bonchev–Trinajstić information content (AvgIpc) is 0.592. The molecule has 0 aromatic rings. The predicted octanol–water partition coefficient (Wildman–Crippen LogP) is 2.41. The second-order valence-corrected chi connectivity index (χ2v) is 9.78. The Bertz CT molecular complexity index is 66.6. The third-order valence-corrected chi connectivity index (χ3v) is 0. The van der Waals surface area contributed by atoms with E-state index in [4.69, 9.17) is 0 Å². The number of halogens is 6. The molecule has 0 aliphatic heterocycles. The van der Waals surface area contributed by atoms with Gasteiger partial charge in [0.15, 0.2) is 0 Å². The van der Waals surface area contributed by atoms with E-state index < -0.39 is 17.2 Å². The summed E-state index contributed by atoms with van der Waals surface area (Å²) in [4.78, 5) is 0. The molecular formula is ClF5Te. The summed E-state index contributed by atoms with van der Waals surface area (Å²) in [7, 11) is 2.90. The molecule has 48 valence electrons. The molecule has 0 saturated carbocycles. The molecule has 0 amide bonds. The molecule has 7 heteroatoms. The van der Waals surface area contributed by atoms with Crippen LogP contribution < -0.4 is 0 Å². The van der Waals surface area contributed by atoms with Gasteiger partial charge in [-0.2, -0.15) is 0 Å². The normalized spacial score (nSPS) is 23.1. The van der Waals surface area contributed by atoms with Crippen LogP contribution in [0.4, 0.5) is 14.5 Å². The van der Waals surface area contributed by atoms with Crippen molar-refractivity contribution in [2.75, 3.05) is 0 Å². The van der Waals surface area contributed by atoms with Crippen molar-refractivity contribution in [2.24, 2.45) is 0 Å². The van der Waals surface area contributed by atoms with Gasteiger partial charge in [-0.25, -0.2) is 0 Å². The van der Waals surface area contributed by atoms with Crippen LogP contribution in [0, 0.1) is 0 Å². The van der Waals surface area contributed by atoms with Crippen LogP contribution in [0.1, 0.15) is 0 Å². The zero-order chi connectivity index (χ0) is 6.41. The first kappa shape index (κ1) is 7.73. The van der Waals surface area contributed by atoms with Gasteiger partial charge in [-0.15, -0.1) is 0 Å². The Hall–Kier alpha value is 0.730. The monoisotopic (exact) mass is 260 g/mol. The van der Waals surface area contributed by atoms with Gasteiger partial charge in [-0.1, -0.05) is 0 Å². The summed E-state index contributed by atoms with van der Waals surface area (Å²) < 4.78 is 51.8. The van der Waals surface area contributed by atoms with Gasteiger partial charge in [-0.05, 0) is 0 Å². The van der Waals surface area contributed by atoms with Gasteiger partial charge in [0, 0.05) is 0 Å². The first-order valence-electron chi connectivity index (χ1n) is 0.926. The van der Waals surface area contributed by atoms with E-state index in [1.165, 1.54) is 0 Å². The first-order valence-corrected chi connectivity index (χ1v) is 8.28. The molecule has 0 nitrogen and oxygen atoms in total. The molecule has 0 aliphatic rings.